The summed E-state index contributed by atoms with van der Waals surface area (Å²) in [6, 6.07) is 6.71. The smallest absolute Gasteiger partial charge is 0.0431 e. The van der Waals surface area contributed by atoms with Gasteiger partial charge in [0.05, 0.1) is 0 Å². The molecule has 0 saturated carbocycles. The fourth-order valence-electron chi connectivity index (χ4n) is 1.47. The van der Waals surface area contributed by atoms with E-state index in [0.29, 0.717) is 0 Å². The second-order valence-electron chi connectivity index (χ2n) is 3.03. The molecule has 2 rings (SSSR count). The highest BCUT2D eigenvalue weighted by Crippen LogP contribution is 2.40. The zero-order valence-corrected chi connectivity index (χ0v) is 7.89. The van der Waals surface area contributed by atoms with E-state index in [1.807, 2.05) is 0 Å². The predicted octanol–water partition coefficient (Wildman–Crippen LogP) is 2.54. The van der Waals surface area contributed by atoms with Gasteiger partial charge in [0, 0.05) is 18.9 Å². The number of hydrogen-bond donors (Lipinski definition) is 0. The highest BCUT2D eigenvalue weighted by molar-refractivity contribution is 7.39. The minimum Gasteiger partial charge on any atom is -0.356 e. The highest BCUT2D eigenvalue weighted by atomic mass is 31.1. The fraction of sp³-hybridized carbons (Fsp3) is 0.333. The van der Waals surface area contributed by atoms with Crippen LogP contribution >= 0.6 is 8.73 Å². The molecule has 58 valence electrons. The van der Waals surface area contributed by atoms with Crippen molar-refractivity contribution in [3.05, 3.63) is 29.3 Å². The Bertz CT molecular complexity index is 283. The minimum atomic E-state index is 0.950. The monoisotopic (exact) mass is 165 g/mol. The van der Waals surface area contributed by atoms with E-state index < -0.39 is 0 Å². The van der Waals surface area contributed by atoms with E-state index in [2.05, 4.69) is 36.8 Å². The van der Waals surface area contributed by atoms with Crippen molar-refractivity contribution in [1.82, 2.24) is 0 Å². The Balaban J connectivity index is 2.50. The third-order valence-corrected chi connectivity index (χ3v) is 3.36. The second kappa shape index (κ2) is 2.49. The van der Waals surface area contributed by atoms with Gasteiger partial charge in [0.1, 0.15) is 0 Å². The van der Waals surface area contributed by atoms with Crippen LogP contribution in [0.4, 0.5) is 5.69 Å². The SMILES string of the molecule is Cc1ccc2c(c1)CPN2C. The molecule has 0 N–H and O–H groups in total. The third-order valence-electron chi connectivity index (χ3n) is 2.10. The van der Waals surface area contributed by atoms with E-state index in [-0.39, 0.29) is 0 Å². The van der Waals surface area contributed by atoms with Crippen molar-refractivity contribution < 1.29 is 0 Å². The summed E-state index contributed by atoms with van der Waals surface area (Å²) >= 11 is 0. The molecule has 1 unspecified atom stereocenters. The average Bonchev–Trinajstić information content (AvgIpc) is 2.32. The van der Waals surface area contributed by atoms with Crippen LogP contribution < -0.4 is 4.67 Å². The number of aryl methyl sites for hydroxylation is 1. The van der Waals surface area contributed by atoms with Crippen LogP contribution in [0.2, 0.25) is 0 Å². The Hall–Kier alpha value is -0.550. The highest BCUT2D eigenvalue weighted by Gasteiger charge is 2.14. The summed E-state index contributed by atoms with van der Waals surface area (Å²) in [5, 5.41) is 0. The first-order chi connectivity index (χ1) is 5.27. The van der Waals surface area contributed by atoms with Crippen LogP contribution in [0.1, 0.15) is 11.1 Å². The summed E-state index contributed by atoms with van der Waals surface area (Å²) in [6.45, 7) is 2.15. The Morgan fingerprint density at radius 3 is 3.09 bits per heavy atom. The maximum absolute atomic E-state index is 2.34. The Kier molecular flexibility index (Phi) is 1.61. The molecule has 1 aromatic carbocycles. The lowest BCUT2D eigenvalue weighted by Gasteiger charge is -2.10. The van der Waals surface area contributed by atoms with Crippen molar-refractivity contribution in [3.63, 3.8) is 0 Å². The Morgan fingerprint density at radius 1 is 1.45 bits per heavy atom. The minimum absolute atomic E-state index is 0.950. The van der Waals surface area contributed by atoms with Gasteiger partial charge in [-0.05, 0) is 27.3 Å². The van der Waals surface area contributed by atoms with Gasteiger partial charge in [-0.1, -0.05) is 17.7 Å². The van der Waals surface area contributed by atoms with Crippen molar-refractivity contribution in [1.29, 1.82) is 0 Å². The van der Waals surface area contributed by atoms with Gasteiger partial charge >= 0.3 is 0 Å². The van der Waals surface area contributed by atoms with Crippen LogP contribution in [-0.4, -0.2) is 7.05 Å². The predicted molar refractivity (Wildman–Crippen MR) is 51.6 cm³/mol. The summed E-state index contributed by atoms with van der Waals surface area (Å²) < 4.78 is 2.34. The fourth-order valence-corrected chi connectivity index (χ4v) is 2.55. The van der Waals surface area contributed by atoms with Crippen molar-refractivity contribution in [2.75, 3.05) is 11.7 Å². The van der Waals surface area contributed by atoms with Crippen molar-refractivity contribution in [2.24, 2.45) is 0 Å². The van der Waals surface area contributed by atoms with Crippen molar-refractivity contribution in [2.45, 2.75) is 13.1 Å². The van der Waals surface area contributed by atoms with Gasteiger partial charge in [-0.15, -0.1) is 0 Å². The van der Waals surface area contributed by atoms with Gasteiger partial charge in [0.25, 0.3) is 0 Å². The van der Waals surface area contributed by atoms with Gasteiger partial charge in [-0.3, -0.25) is 0 Å². The Morgan fingerprint density at radius 2 is 2.27 bits per heavy atom. The average molecular weight is 165 g/mol. The first-order valence-corrected chi connectivity index (χ1v) is 4.99. The molecule has 1 atom stereocenters. The van der Waals surface area contributed by atoms with Crippen LogP contribution in [-0.2, 0) is 6.16 Å². The molecule has 1 aliphatic heterocycles. The van der Waals surface area contributed by atoms with E-state index in [4.69, 9.17) is 0 Å². The molecule has 0 amide bonds. The molecule has 0 saturated heterocycles. The summed E-state index contributed by atoms with van der Waals surface area (Å²) in [5.41, 5.74) is 4.32. The topological polar surface area (TPSA) is 3.24 Å². The molecule has 0 bridgehead atoms. The van der Waals surface area contributed by atoms with E-state index in [1.54, 1.807) is 0 Å². The molecule has 0 aromatic heterocycles. The second-order valence-corrected chi connectivity index (χ2v) is 4.37. The van der Waals surface area contributed by atoms with Gasteiger partial charge < -0.3 is 4.67 Å². The molecule has 1 aromatic rings. The largest absolute Gasteiger partial charge is 0.356 e. The lowest BCUT2D eigenvalue weighted by molar-refractivity contribution is 1.33. The van der Waals surface area contributed by atoms with Gasteiger partial charge in [0.15, 0.2) is 0 Å². The van der Waals surface area contributed by atoms with Gasteiger partial charge in [-0.25, -0.2) is 0 Å². The number of hydrogen-bond acceptors (Lipinski definition) is 1. The van der Waals surface area contributed by atoms with E-state index in [1.165, 1.54) is 23.0 Å². The van der Waals surface area contributed by atoms with Crippen LogP contribution in [0.3, 0.4) is 0 Å². The van der Waals surface area contributed by atoms with Crippen molar-refractivity contribution >= 4 is 14.4 Å². The quantitative estimate of drug-likeness (QED) is 0.534. The zero-order chi connectivity index (χ0) is 7.84. The maximum Gasteiger partial charge on any atom is 0.0431 e. The van der Waals surface area contributed by atoms with Crippen LogP contribution in [0.25, 0.3) is 0 Å². The molecule has 2 heteroatoms. The summed E-state index contributed by atoms with van der Waals surface area (Å²) in [7, 11) is 3.12. The van der Waals surface area contributed by atoms with Crippen LogP contribution in [0, 0.1) is 6.92 Å². The van der Waals surface area contributed by atoms with E-state index >= 15 is 0 Å². The Labute approximate surface area is 69.3 Å². The molecule has 0 aliphatic carbocycles. The van der Waals surface area contributed by atoms with Crippen LogP contribution in [0.15, 0.2) is 18.2 Å². The van der Waals surface area contributed by atoms with E-state index in [9.17, 15) is 0 Å². The van der Waals surface area contributed by atoms with E-state index in [0.717, 1.165) is 8.73 Å². The summed E-state index contributed by atoms with van der Waals surface area (Å²) in [6.07, 6.45) is 1.24. The van der Waals surface area contributed by atoms with Crippen LogP contribution in [0.5, 0.6) is 0 Å². The number of fused-ring (bicyclic) bond motifs is 1. The van der Waals surface area contributed by atoms with Crippen molar-refractivity contribution in [3.8, 4) is 0 Å². The maximum atomic E-state index is 2.34. The molecule has 1 nitrogen and oxygen atoms in total. The molecular formula is C9H12NP. The summed E-state index contributed by atoms with van der Waals surface area (Å²) in [4.78, 5) is 0. The number of benzene rings is 1. The molecular weight excluding hydrogens is 153 g/mol. The lowest BCUT2D eigenvalue weighted by Crippen LogP contribution is -1.98. The third kappa shape index (κ3) is 1.14. The molecule has 1 heterocycles. The summed E-state index contributed by atoms with van der Waals surface area (Å²) in [5.74, 6) is 0. The molecule has 11 heavy (non-hydrogen) atoms. The number of anilines is 1. The number of rotatable bonds is 0. The van der Waals surface area contributed by atoms with Gasteiger partial charge in [0.2, 0.25) is 0 Å². The first-order valence-electron chi connectivity index (χ1n) is 3.84. The normalized spacial score (nSPS) is 17.5. The number of nitrogens with zero attached hydrogens (tertiary/aromatic N) is 1. The molecule has 0 radical (unpaired) electrons. The van der Waals surface area contributed by atoms with Gasteiger partial charge in [-0.2, -0.15) is 0 Å². The molecule has 0 spiro atoms. The molecule has 1 aliphatic rings. The first kappa shape index (κ1) is 7.12. The standard InChI is InChI=1S/C9H12NP/c1-7-3-4-9-8(5-7)6-11-10(9)2/h3-5,11H,6H2,1-2H3. The zero-order valence-electron chi connectivity index (χ0n) is 6.89. The lowest BCUT2D eigenvalue weighted by atomic mass is 10.1. The molecule has 0 fully saturated rings.